The van der Waals surface area contributed by atoms with Gasteiger partial charge in [-0.15, -0.1) is 12.8 Å². The van der Waals surface area contributed by atoms with Crippen LogP contribution in [0, 0.1) is 12.8 Å². The Morgan fingerprint density at radius 3 is 2.00 bits per heavy atom. The number of nitrogens with one attached hydrogen (secondary N) is 3. The third-order valence-corrected chi connectivity index (χ3v) is 2.58. The number of carbonyl (C=O) groups is 4. The summed E-state index contributed by atoms with van der Waals surface area (Å²) in [5.74, 6) is -1.20. The summed E-state index contributed by atoms with van der Waals surface area (Å²) in [4.78, 5) is 45.5. The molecule has 29 heavy (non-hydrogen) atoms. The van der Waals surface area contributed by atoms with Crippen LogP contribution in [0.1, 0.15) is 53.9 Å². The number of hydrogen-bond acceptors (Lipinski definition) is 6. The summed E-state index contributed by atoms with van der Waals surface area (Å²) in [6, 6.07) is -1.56. The highest BCUT2D eigenvalue weighted by molar-refractivity contribution is 5.87. The molecule has 0 aromatic carbocycles. The van der Waals surface area contributed by atoms with Crippen LogP contribution in [0.2, 0.25) is 0 Å². The van der Waals surface area contributed by atoms with Crippen LogP contribution >= 0.6 is 0 Å². The molecule has 10 heteroatoms. The minimum absolute atomic E-state index is 0.241. The monoisotopic (exact) mass is 416 g/mol. The number of primary amides is 1. The van der Waals surface area contributed by atoms with Crippen molar-refractivity contribution >= 4 is 24.0 Å². The lowest BCUT2D eigenvalue weighted by atomic mass is 10.1. The molecule has 0 saturated carbocycles. The van der Waals surface area contributed by atoms with Crippen molar-refractivity contribution in [1.29, 1.82) is 0 Å². The molecule has 0 aromatic heterocycles. The van der Waals surface area contributed by atoms with Crippen molar-refractivity contribution in [3.63, 3.8) is 0 Å². The van der Waals surface area contributed by atoms with Crippen LogP contribution in [0.5, 0.6) is 0 Å². The lowest BCUT2D eigenvalue weighted by Gasteiger charge is -2.20. The Hall–Kier alpha value is -2.96. The first-order valence-corrected chi connectivity index (χ1v) is 9.17. The van der Waals surface area contributed by atoms with E-state index in [0.717, 1.165) is 0 Å². The number of alkyl carbamates (subject to hydrolysis) is 1. The fourth-order valence-corrected chi connectivity index (χ4v) is 1.62. The summed E-state index contributed by atoms with van der Waals surface area (Å²) in [6.45, 7) is 9.25. The molecule has 0 spiro atoms. The Balaban J connectivity index is -0.00000123. The smallest absolute Gasteiger partial charge is 0.408 e. The van der Waals surface area contributed by atoms with Gasteiger partial charge in [0.05, 0.1) is 7.11 Å². The molecular weight excluding hydrogens is 380 g/mol. The molecule has 1 atom stereocenters. The van der Waals surface area contributed by atoms with Crippen LogP contribution in [-0.4, -0.2) is 55.8 Å². The molecule has 0 aliphatic heterocycles. The maximum atomic E-state index is 11.8. The number of methoxy groups -OCH3 is 1. The summed E-state index contributed by atoms with van der Waals surface area (Å²) >= 11 is 0. The quantitative estimate of drug-likeness (QED) is 0.266. The number of urea groups is 1. The molecule has 0 aliphatic rings. The summed E-state index contributed by atoms with van der Waals surface area (Å²) in [5, 5.41) is 7.10. The summed E-state index contributed by atoms with van der Waals surface area (Å²) < 4.78 is 9.59. The number of nitrogens with two attached hydrogens (primary N) is 1. The molecule has 0 aliphatic carbocycles. The standard InChI is InChI=1S/C14H26N4O6.C3H8.C2H2/c1-14(2,3)24-13(22)17-8-10(19)18-9(11(20)23-4)6-5-7-16-12(15)21;1-3-2;1-2/h9H,5-8H2,1-4H3,(H,17,22)(H,18,19)(H3,15,16,21);3H2,1-2H3;1-2H/t9-;;/m0../s1. The van der Waals surface area contributed by atoms with E-state index < -0.39 is 35.6 Å². The van der Waals surface area contributed by atoms with Crippen molar-refractivity contribution in [1.82, 2.24) is 16.0 Å². The maximum Gasteiger partial charge on any atom is 0.408 e. The van der Waals surface area contributed by atoms with Gasteiger partial charge in [-0.25, -0.2) is 14.4 Å². The molecule has 0 bridgehead atoms. The Kier molecular flexibility index (Phi) is 19.5. The van der Waals surface area contributed by atoms with E-state index in [0.29, 0.717) is 6.42 Å². The second kappa shape index (κ2) is 18.4. The molecule has 5 N–H and O–H groups in total. The van der Waals surface area contributed by atoms with Crippen LogP contribution in [-0.2, 0) is 19.1 Å². The number of esters is 1. The summed E-state index contributed by atoms with van der Waals surface area (Å²) in [5.41, 5.74) is 4.25. The normalized spacial score (nSPS) is 10.5. The van der Waals surface area contributed by atoms with E-state index in [1.165, 1.54) is 13.5 Å². The molecular formula is C19H36N4O6. The van der Waals surface area contributed by atoms with E-state index in [-0.39, 0.29) is 19.5 Å². The van der Waals surface area contributed by atoms with Gasteiger partial charge in [0.1, 0.15) is 18.2 Å². The van der Waals surface area contributed by atoms with Crippen molar-refractivity contribution < 1.29 is 28.7 Å². The molecule has 0 unspecified atom stereocenters. The van der Waals surface area contributed by atoms with Gasteiger partial charge in [-0.1, -0.05) is 20.3 Å². The number of carbonyl (C=O) groups excluding carboxylic acids is 4. The van der Waals surface area contributed by atoms with E-state index in [4.69, 9.17) is 10.5 Å². The topological polar surface area (TPSA) is 149 Å². The predicted octanol–water partition coefficient (Wildman–Crippen LogP) is 1.28. The zero-order valence-corrected chi connectivity index (χ0v) is 18.3. The molecule has 0 heterocycles. The zero-order chi connectivity index (χ0) is 23.5. The molecule has 0 aromatic rings. The van der Waals surface area contributed by atoms with Gasteiger partial charge in [0.15, 0.2) is 0 Å². The van der Waals surface area contributed by atoms with Crippen molar-refractivity contribution in [2.45, 2.75) is 65.5 Å². The zero-order valence-electron chi connectivity index (χ0n) is 18.3. The molecule has 10 nitrogen and oxygen atoms in total. The third kappa shape index (κ3) is 23.0. The summed E-state index contributed by atoms with van der Waals surface area (Å²) in [7, 11) is 1.20. The number of ether oxygens (including phenoxy) is 2. The van der Waals surface area contributed by atoms with Crippen molar-refractivity contribution in [2.24, 2.45) is 5.73 Å². The largest absolute Gasteiger partial charge is 0.467 e. The van der Waals surface area contributed by atoms with E-state index in [1.54, 1.807) is 20.8 Å². The highest BCUT2D eigenvalue weighted by Gasteiger charge is 2.22. The fourth-order valence-electron chi connectivity index (χ4n) is 1.62. The maximum absolute atomic E-state index is 11.8. The van der Waals surface area contributed by atoms with Crippen molar-refractivity contribution in [3.8, 4) is 12.8 Å². The number of amides is 4. The van der Waals surface area contributed by atoms with E-state index >= 15 is 0 Å². The van der Waals surface area contributed by atoms with Gasteiger partial charge in [0.25, 0.3) is 0 Å². The first-order chi connectivity index (χ1) is 13.5. The summed E-state index contributed by atoms with van der Waals surface area (Å²) in [6.07, 6.45) is 9.16. The SMILES string of the molecule is C#C.CCC.COC(=O)[C@H](CCCNC(N)=O)NC(=O)CNC(=O)OC(C)(C)C. The minimum Gasteiger partial charge on any atom is -0.467 e. The second-order valence-electron chi connectivity index (χ2n) is 6.64. The first-order valence-electron chi connectivity index (χ1n) is 9.17. The Bertz CT molecular complexity index is 515. The predicted molar refractivity (Wildman–Crippen MR) is 111 cm³/mol. The highest BCUT2D eigenvalue weighted by atomic mass is 16.6. The minimum atomic E-state index is -0.891. The van der Waals surface area contributed by atoms with Gasteiger partial charge in [0.2, 0.25) is 5.91 Å². The van der Waals surface area contributed by atoms with E-state index in [1.807, 2.05) is 0 Å². The molecule has 0 rings (SSSR count). The lowest BCUT2D eigenvalue weighted by molar-refractivity contribution is -0.145. The second-order valence-corrected chi connectivity index (χ2v) is 6.64. The first kappa shape index (κ1) is 30.8. The lowest BCUT2D eigenvalue weighted by Crippen LogP contribution is -2.47. The Labute approximate surface area is 173 Å². The fraction of sp³-hybridized carbons (Fsp3) is 0.684. The van der Waals surface area contributed by atoms with Crippen LogP contribution < -0.4 is 21.7 Å². The van der Waals surface area contributed by atoms with Gasteiger partial charge < -0.3 is 31.2 Å². The molecule has 4 amide bonds. The third-order valence-electron chi connectivity index (χ3n) is 2.58. The van der Waals surface area contributed by atoms with Crippen LogP contribution in [0.4, 0.5) is 9.59 Å². The average Bonchev–Trinajstić information content (AvgIpc) is 2.62. The van der Waals surface area contributed by atoms with Gasteiger partial charge in [0, 0.05) is 6.54 Å². The number of hydrogen-bond donors (Lipinski definition) is 4. The van der Waals surface area contributed by atoms with Crippen LogP contribution in [0.15, 0.2) is 0 Å². The van der Waals surface area contributed by atoms with Crippen molar-refractivity contribution in [3.05, 3.63) is 0 Å². The number of terminal acetylenes is 1. The van der Waals surface area contributed by atoms with Crippen LogP contribution in [0.3, 0.4) is 0 Å². The molecule has 0 saturated heterocycles. The van der Waals surface area contributed by atoms with Crippen LogP contribution in [0.25, 0.3) is 0 Å². The highest BCUT2D eigenvalue weighted by Crippen LogP contribution is 2.06. The van der Waals surface area contributed by atoms with Gasteiger partial charge >= 0.3 is 18.1 Å². The molecule has 0 fully saturated rings. The van der Waals surface area contributed by atoms with E-state index in [9.17, 15) is 19.2 Å². The average molecular weight is 417 g/mol. The Morgan fingerprint density at radius 1 is 1.07 bits per heavy atom. The van der Waals surface area contributed by atoms with Crippen molar-refractivity contribution in [2.75, 3.05) is 20.2 Å². The van der Waals surface area contributed by atoms with E-state index in [2.05, 4.69) is 47.4 Å². The number of rotatable bonds is 8. The van der Waals surface area contributed by atoms with Gasteiger partial charge in [-0.05, 0) is 33.6 Å². The molecule has 0 radical (unpaired) electrons. The van der Waals surface area contributed by atoms with Gasteiger partial charge in [-0.3, -0.25) is 4.79 Å². The molecule has 168 valence electrons. The van der Waals surface area contributed by atoms with Gasteiger partial charge in [-0.2, -0.15) is 0 Å². The Morgan fingerprint density at radius 2 is 1.59 bits per heavy atom.